The Hall–Kier alpha value is -2.34. The van der Waals surface area contributed by atoms with Crippen LogP contribution in [0.3, 0.4) is 0 Å². The van der Waals surface area contributed by atoms with Crippen molar-refractivity contribution in [2.24, 2.45) is 5.92 Å². The van der Waals surface area contributed by atoms with Crippen molar-refractivity contribution in [3.05, 3.63) is 95.6 Å². The minimum absolute atomic E-state index is 0.604. The SMILES string of the molecule is C1=CC2CC(c3ccccc3)=C(c3ccccc3)CC2=C1. The summed E-state index contributed by atoms with van der Waals surface area (Å²) in [7, 11) is 0. The normalized spacial score (nSPS) is 20.4. The second-order valence-corrected chi connectivity index (χ2v) is 5.80. The van der Waals surface area contributed by atoms with Gasteiger partial charge in [-0.25, -0.2) is 0 Å². The first-order chi connectivity index (χ1) is 10.4. The molecule has 2 aromatic carbocycles. The lowest BCUT2D eigenvalue weighted by Crippen LogP contribution is -2.09. The summed E-state index contributed by atoms with van der Waals surface area (Å²) < 4.78 is 0. The fourth-order valence-corrected chi connectivity index (χ4v) is 3.45. The molecule has 0 nitrogen and oxygen atoms in total. The van der Waals surface area contributed by atoms with Gasteiger partial charge in [-0.05, 0) is 35.1 Å². The maximum atomic E-state index is 2.35. The first kappa shape index (κ1) is 12.4. The van der Waals surface area contributed by atoms with Crippen LogP contribution in [0.1, 0.15) is 24.0 Å². The number of hydrogen-bond acceptors (Lipinski definition) is 0. The molecule has 4 rings (SSSR count). The van der Waals surface area contributed by atoms with Crippen LogP contribution in [-0.2, 0) is 0 Å². The summed E-state index contributed by atoms with van der Waals surface area (Å²) in [5, 5.41) is 0. The molecule has 0 heterocycles. The van der Waals surface area contributed by atoms with E-state index in [9.17, 15) is 0 Å². The van der Waals surface area contributed by atoms with Crippen LogP contribution in [0.25, 0.3) is 11.1 Å². The fraction of sp³-hybridized carbons (Fsp3) is 0.143. The van der Waals surface area contributed by atoms with E-state index in [4.69, 9.17) is 0 Å². The van der Waals surface area contributed by atoms with Crippen molar-refractivity contribution in [1.29, 1.82) is 0 Å². The molecule has 2 aliphatic carbocycles. The highest BCUT2D eigenvalue weighted by Gasteiger charge is 2.26. The van der Waals surface area contributed by atoms with E-state index < -0.39 is 0 Å². The third kappa shape index (κ3) is 2.27. The molecule has 0 amide bonds. The lowest BCUT2D eigenvalue weighted by Gasteiger charge is -2.27. The lowest BCUT2D eigenvalue weighted by molar-refractivity contribution is 0.763. The van der Waals surface area contributed by atoms with Crippen LogP contribution in [0.4, 0.5) is 0 Å². The minimum atomic E-state index is 0.604. The highest BCUT2D eigenvalue weighted by molar-refractivity contribution is 5.93. The lowest BCUT2D eigenvalue weighted by atomic mass is 9.77. The molecule has 0 spiro atoms. The second-order valence-electron chi connectivity index (χ2n) is 5.80. The fourth-order valence-electron chi connectivity index (χ4n) is 3.45. The Bertz CT molecular complexity index is 730. The molecule has 0 N–H and O–H groups in total. The van der Waals surface area contributed by atoms with E-state index in [2.05, 4.69) is 78.9 Å². The molecule has 1 atom stereocenters. The van der Waals surface area contributed by atoms with Gasteiger partial charge in [0.05, 0.1) is 0 Å². The van der Waals surface area contributed by atoms with Gasteiger partial charge in [0.25, 0.3) is 0 Å². The average Bonchev–Trinajstić information content (AvgIpc) is 3.03. The maximum Gasteiger partial charge on any atom is 0.00270 e. The summed E-state index contributed by atoms with van der Waals surface area (Å²) >= 11 is 0. The summed E-state index contributed by atoms with van der Waals surface area (Å²) in [6.45, 7) is 0. The Labute approximate surface area is 126 Å². The van der Waals surface area contributed by atoms with Crippen molar-refractivity contribution in [2.45, 2.75) is 12.8 Å². The summed E-state index contributed by atoms with van der Waals surface area (Å²) in [5.41, 5.74) is 7.30. The third-order valence-electron chi connectivity index (χ3n) is 4.54. The van der Waals surface area contributed by atoms with Crippen molar-refractivity contribution in [2.75, 3.05) is 0 Å². The van der Waals surface area contributed by atoms with Crippen LogP contribution >= 0.6 is 0 Å². The zero-order chi connectivity index (χ0) is 14.1. The summed E-state index contributed by atoms with van der Waals surface area (Å²) in [6.07, 6.45) is 9.06. The first-order valence-corrected chi connectivity index (χ1v) is 7.62. The van der Waals surface area contributed by atoms with Crippen LogP contribution in [0.2, 0.25) is 0 Å². The van der Waals surface area contributed by atoms with Gasteiger partial charge in [0.2, 0.25) is 0 Å². The third-order valence-corrected chi connectivity index (χ3v) is 4.54. The van der Waals surface area contributed by atoms with Crippen molar-refractivity contribution in [3.8, 4) is 0 Å². The van der Waals surface area contributed by atoms with E-state index in [1.165, 1.54) is 22.3 Å². The average molecular weight is 270 g/mol. The van der Waals surface area contributed by atoms with E-state index in [1.807, 2.05) is 0 Å². The number of hydrogen-bond donors (Lipinski definition) is 0. The summed E-state index contributed by atoms with van der Waals surface area (Å²) in [6, 6.07) is 21.7. The Kier molecular flexibility index (Phi) is 3.08. The van der Waals surface area contributed by atoms with Crippen molar-refractivity contribution >= 4 is 11.1 Å². The van der Waals surface area contributed by atoms with E-state index in [-0.39, 0.29) is 0 Å². The topological polar surface area (TPSA) is 0 Å². The number of benzene rings is 2. The van der Waals surface area contributed by atoms with Crippen molar-refractivity contribution < 1.29 is 0 Å². The summed E-state index contributed by atoms with van der Waals surface area (Å²) in [4.78, 5) is 0. The number of fused-ring (bicyclic) bond motifs is 1. The van der Waals surface area contributed by atoms with Gasteiger partial charge in [0.1, 0.15) is 0 Å². The van der Waals surface area contributed by atoms with Gasteiger partial charge in [-0.3, -0.25) is 0 Å². The smallest absolute Gasteiger partial charge is 0.00270 e. The molecular weight excluding hydrogens is 252 g/mol. The molecule has 21 heavy (non-hydrogen) atoms. The van der Waals surface area contributed by atoms with Gasteiger partial charge in [-0.2, -0.15) is 0 Å². The quantitative estimate of drug-likeness (QED) is 0.675. The molecule has 1 unspecified atom stereocenters. The van der Waals surface area contributed by atoms with Gasteiger partial charge in [0, 0.05) is 5.92 Å². The predicted molar refractivity (Wildman–Crippen MR) is 89.6 cm³/mol. The molecule has 0 fully saturated rings. The molecule has 2 aromatic rings. The van der Waals surface area contributed by atoms with Crippen LogP contribution in [-0.4, -0.2) is 0 Å². The van der Waals surface area contributed by atoms with Gasteiger partial charge < -0.3 is 0 Å². The molecule has 0 saturated heterocycles. The molecule has 0 radical (unpaired) electrons. The highest BCUT2D eigenvalue weighted by atomic mass is 14.3. The van der Waals surface area contributed by atoms with E-state index in [0.717, 1.165) is 12.8 Å². The maximum absolute atomic E-state index is 2.35. The van der Waals surface area contributed by atoms with Gasteiger partial charge in [-0.15, -0.1) is 0 Å². The Morgan fingerprint density at radius 2 is 1.33 bits per heavy atom. The van der Waals surface area contributed by atoms with Gasteiger partial charge >= 0.3 is 0 Å². The Morgan fingerprint density at radius 1 is 0.714 bits per heavy atom. The molecule has 2 aliphatic rings. The van der Waals surface area contributed by atoms with Gasteiger partial charge in [0.15, 0.2) is 0 Å². The van der Waals surface area contributed by atoms with E-state index in [0.29, 0.717) is 5.92 Å². The predicted octanol–water partition coefficient (Wildman–Crippen LogP) is 5.50. The van der Waals surface area contributed by atoms with Crippen LogP contribution in [0.15, 0.2) is 84.5 Å². The number of allylic oxidation sites excluding steroid dienone is 6. The zero-order valence-corrected chi connectivity index (χ0v) is 12.0. The van der Waals surface area contributed by atoms with Crippen LogP contribution < -0.4 is 0 Å². The molecule has 102 valence electrons. The Balaban J connectivity index is 1.87. The molecule has 0 saturated carbocycles. The van der Waals surface area contributed by atoms with Crippen LogP contribution in [0.5, 0.6) is 0 Å². The molecule has 0 aromatic heterocycles. The monoisotopic (exact) mass is 270 g/mol. The van der Waals surface area contributed by atoms with E-state index in [1.54, 1.807) is 5.57 Å². The van der Waals surface area contributed by atoms with Gasteiger partial charge in [-0.1, -0.05) is 84.5 Å². The second kappa shape index (κ2) is 5.21. The first-order valence-electron chi connectivity index (χ1n) is 7.62. The highest BCUT2D eigenvalue weighted by Crippen LogP contribution is 2.45. The molecule has 0 bridgehead atoms. The Morgan fingerprint density at radius 3 is 2.00 bits per heavy atom. The van der Waals surface area contributed by atoms with Crippen molar-refractivity contribution in [3.63, 3.8) is 0 Å². The van der Waals surface area contributed by atoms with E-state index >= 15 is 0 Å². The minimum Gasteiger partial charge on any atom is -0.0770 e. The standard InChI is InChI=1S/C21H18/c1-3-8-16(9-4-1)20-14-18-12-7-13-19(18)15-21(20)17-10-5-2-6-11-17/h1-13,18H,14-15H2. The largest absolute Gasteiger partial charge is 0.0770 e. The molecule has 0 aliphatic heterocycles. The van der Waals surface area contributed by atoms with Crippen LogP contribution in [0, 0.1) is 5.92 Å². The summed E-state index contributed by atoms with van der Waals surface area (Å²) in [5.74, 6) is 0.604. The zero-order valence-electron chi connectivity index (χ0n) is 12.0. The van der Waals surface area contributed by atoms with Crippen molar-refractivity contribution in [1.82, 2.24) is 0 Å². The number of rotatable bonds is 2. The molecule has 0 heteroatoms. The molecular formula is C21H18.